The smallest absolute Gasteiger partial charge is 0.256 e. The molecule has 1 fully saturated rings. The predicted molar refractivity (Wildman–Crippen MR) is 108 cm³/mol. The van der Waals surface area contributed by atoms with Gasteiger partial charge in [0.1, 0.15) is 5.01 Å². The van der Waals surface area contributed by atoms with Crippen molar-refractivity contribution in [3.05, 3.63) is 59.1 Å². The minimum absolute atomic E-state index is 0.0807. The lowest BCUT2D eigenvalue weighted by Crippen LogP contribution is -2.32. The molecule has 6 heteroatoms. The van der Waals surface area contributed by atoms with Crippen LogP contribution >= 0.6 is 11.3 Å². The molecule has 2 aromatic carbocycles. The van der Waals surface area contributed by atoms with Gasteiger partial charge in [0.25, 0.3) is 5.91 Å². The summed E-state index contributed by atoms with van der Waals surface area (Å²) < 4.78 is 1.11. The lowest BCUT2D eigenvalue weighted by Gasteiger charge is -2.26. The summed E-state index contributed by atoms with van der Waals surface area (Å²) in [6.07, 6.45) is 1.37. The zero-order valence-corrected chi connectivity index (χ0v) is 16.2. The average molecular weight is 379 g/mol. The maximum atomic E-state index is 13.2. The molecule has 0 bridgehead atoms. The van der Waals surface area contributed by atoms with E-state index in [4.69, 9.17) is 0 Å². The molecule has 1 saturated heterocycles. The van der Waals surface area contributed by atoms with Crippen LogP contribution in [0, 0.1) is 0 Å². The van der Waals surface area contributed by atoms with Crippen molar-refractivity contribution < 1.29 is 9.59 Å². The van der Waals surface area contributed by atoms with Gasteiger partial charge in [-0.25, -0.2) is 4.98 Å². The van der Waals surface area contributed by atoms with Crippen LogP contribution in [0.25, 0.3) is 10.2 Å². The number of anilines is 1. The van der Waals surface area contributed by atoms with E-state index in [-0.39, 0.29) is 17.9 Å². The van der Waals surface area contributed by atoms with Crippen molar-refractivity contribution in [1.29, 1.82) is 0 Å². The maximum absolute atomic E-state index is 13.2. The topological polar surface area (TPSA) is 53.5 Å². The monoisotopic (exact) mass is 379 g/mol. The number of thiazole rings is 1. The van der Waals surface area contributed by atoms with Gasteiger partial charge in [-0.15, -0.1) is 11.3 Å². The highest BCUT2D eigenvalue weighted by atomic mass is 32.1. The van der Waals surface area contributed by atoms with Gasteiger partial charge in [-0.2, -0.15) is 0 Å². The third-order valence-electron chi connectivity index (χ3n) is 5.07. The van der Waals surface area contributed by atoms with Crippen LogP contribution in [0.3, 0.4) is 0 Å². The third-order valence-corrected chi connectivity index (χ3v) is 6.27. The summed E-state index contributed by atoms with van der Waals surface area (Å²) in [4.78, 5) is 33.5. The molecule has 0 aliphatic carbocycles. The van der Waals surface area contributed by atoms with Gasteiger partial charge in [-0.1, -0.05) is 24.3 Å². The van der Waals surface area contributed by atoms with E-state index in [0.29, 0.717) is 24.2 Å². The van der Waals surface area contributed by atoms with Crippen LogP contribution in [-0.4, -0.2) is 35.3 Å². The van der Waals surface area contributed by atoms with Crippen LogP contribution in [0.15, 0.2) is 48.5 Å². The molecule has 138 valence electrons. The fraction of sp³-hybridized carbons (Fsp3) is 0.286. The number of nitrogens with zero attached hydrogens (tertiary/aromatic N) is 3. The first-order valence-corrected chi connectivity index (χ1v) is 9.90. The SMILES string of the molecule is C[C@H](c1nc2ccccc2s1)N(C)C(=O)c1ccccc1N1CCCC1=O. The Hall–Kier alpha value is -2.73. The van der Waals surface area contributed by atoms with Gasteiger partial charge in [0.05, 0.1) is 27.5 Å². The van der Waals surface area contributed by atoms with Gasteiger partial charge < -0.3 is 9.80 Å². The summed E-state index contributed by atoms with van der Waals surface area (Å²) in [5.74, 6) is -0.0193. The lowest BCUT2D eigenvalue weighted by atomic mass is 10.1. The highest BCUT2D eigenvalue weighted by Gasteiger charge is 2.28. The van der Waals surface area contributed by atoms with Crippen molar-refractivity contribution in [1.82, 2.24) is 9.88 Å². The molecule has 0 unspecified atom stereocenters. The Morgan fingerprint density at radius 1 is 1.19 bits per heavy atom. The summed E-state index contributed by atoms with van der Waals surface area (Å²) in [5.41, 5.74) is 2.21. The van der Waals surface area contributed by atoms with Crippen LogP contribution < -0.4 is 4.90 Å². The molecule has 4 rings (SSSR count). The molecule has 1 aliphatic rings. The van der Waals surface area contributed by atoms with Gasteiger partial charge in [0.2, 0.25) is 5.91 Å². The van der Waals surface area contributed by atoms with Gasteiger partial charge in [0.15, 0.2) is 0 Å². The molecule has 0 N–H and O–H groups in total. The molecule has 2 heterocycles. The van der Waals surface area contributed by atoms with E-state index in [1.807, 2.05) is 49.4 Å². The average Bonchev–Trinajstić information content (AvgIpc) is 3.32. The fourth-order valence-corrected chi connectivity index (χ4v) is 4.46. The molecule has 0 radical (unpaired) electrons. The second-order valence-corrected chi connectivity index (χ2v) is 7.84. The van der Waals surface area contributed by atoms with Crippen molar-refractivity contribution in [2.45, 2.75) is 25.8 Å². The molecule has 0 spiro atoms. The van der Waals surface area contributed by atoms with E-state index < -0.39 is 0 Å². The molecule has 0 saturated carbocycles. The van der Waals surface area contributed by atoms with Crippen molar-refractivity contribution >= 4 is 39.1 Å². The molecule has 1 aromatic heterocycles. The van der Waals surface area contributed by atoms with Crippen molar-refractivity contribution in [2.24, 2.45) is 0 Å². The Bertz CT molecular complexity index is 980. The highest BCUT2D eigenvalue weighted by Crippen LogP contribution is 2.31. The molecule has 2 amide bonds. The summed E-state index contributed by atoms with van der Waals surface area (Å²) in [6, 6.07) is 15.2. The Labute approximate surface area is 162 Å². The molecule has 1 atom stereocenters. The van der Waals surface area contributed by atoms with E-state index in [9.17, 15) is 9.59 Å². The lowest BCUT2D eigenvalue weighted by molar-refractivity contribution is -0.117. The van der Waals surface area contributed by atoms with Gasteiger partial charge >= 0.3 is 0 Å². The first kappa shape index (κ1) is 17.7. The predicted octanol–water partition coefficient (Wildman–Crippen LogP) is 4.26. The van der Waals surface area contributed by atoms with Crippen LogP contribution in [-0.2, 0) is 4.79 Å². The number of amides is 2. The number of carbonyl (C=O) groups is 2. The van der Waals surface area contributed by atoms with Gasteiger partial charge in [-0.05, 0) is 37.6 Å². The van der Waals surface area contributed by atoms with Crippen LogP contribution in [0.1, 0.15) is 41.2 Å². The Balaban J connectivity index is 1.63. The second kappa shape index (κ2) is 7.12. The van der Waals surface area contributed by atoms with E-state index in [0.717, 1.165) is 21.6 Å². The van der Waals surface area contributed by atoms with Crippen LogP contribution in [0.5, 0.6) is 0 Å². The Morgan fingerprint density at radius 3 is 2.67 bits per heavy atom. The van der Waals surface area contributed by atoms with Crippen LogP contribution in [0.4, 0.5) is 5.69 Å². The van der Waals surface area contributed by atoms with Crippen molar-refractivity contribution in [3.8, 4) is 0 Å². The number of rotatable bonds is 4. The van der Waals surface area contributed by atoms with Crippen molar-refractivity contribution in [2.75, 3.05) is 18.5 Å². The Kier molecular flexibility index (Phi) is 4.66. The molecular weight excluding hydrogens is 358 g/mol. The zero-order valence-electron chi connectivity index (χ0n) is 15.4. The van der Waals surface area contributed by atoms with E-state index in [1.165, 1.54) is 0 Å². The van der Waals surface area contributed by atoms with Crippen LogP contribution in [0.2, 0.25) is 0 Å². The Morgan fingerprint density at radius 2 is 1.93 bits per heavy atom. The quantitative estimate of drug-likeness (QED) is 0.681. The maximum Gasteiger partial charge on any atom is 0.256 e. The first-order valence-electron chi connectivity index (χ1n) is 9.08. The number of fused-ring (bicyclic) bond motifs is 1. The number of hydrogen-bond acceptors (Lipinski definition) is 4. The summed E-state index contributed by atoms with van der Waals surface area (Å²) in [6.45, 7) is 2.65. The minimum Gasteiger partial charge on any atom is -0.332 e. The van der Waals surface area contributed by atoms with E-state index >= 15 is 0 Å². The second-order valence-electron chi connectivity index (χ2n) is 6.78. The molecule has 27 heavy (non-hydrogen) atoms. The number of aromatic nitrogens is 1. The minimum atomic E-state index is -0.155. The summed E-state index contributed by atoms with van der Waals surface area (Å²) in [7, 11) is 1.79. The van der Waals surface area contributed by atoms with Crippen molar-refractivity contribution in [3.63, 3.8) is 0 Å². The number of benzene rings is 2. The number of carbonyl (C=O) groups excluding carboxylic acids is 2. The van der Waals surface area contributed by atoms with Gasteiger partial charge in [-0.3, -0.25) is 9.59 Å². The molecule has 3 aromatic rings. The molecular formula is C21H21N3O2S. The summed E-state index contributed by atoms with van der Waals surface area (Å²) >= 11 is 1.61. The number of hydrogen-bond donors (Lipinski definition) is 0. The van der Waals surface area contributed by atoms with E-state index in [1.54, 1.807) is 34.3 Å². The zero-order chi connectivity index (χ0) is 19.0. The highest BCUT2D eigenvalue weighted by molar-refractivity contribution is 7.18. The molecule has 1 aliphatic heterocycles. The summed E-state index contributed by atoms with van der Waals surface area (Å²) in [5, 5.41) is 0.904. The third kappa shape index (κ3) is 3.21. The normalized spacial score (nSPS) is 15.3. The standard InChI is InChI=1S/C21H21N3O2S/c1-14(20-22-16-9-4-6-11-18(16)27-20)23(2)21(26)15-8-3-5-10-17(15)24-13-7-12-19(24)25/h3-6,8-11,14H,7,12-13H2,1-2H3/t14-/m1/s1. The first-order chi connectivity index (χ1) is 13.1. The fourth-order valence-electron chi connectivity index (χ4n) is 3.39. The van der Waals surface area contributed by atoms with E-state index in [2.05, 4.69) is 4.98 Å². The molecule has 5 nitrogen and oxygen atoms in total. The van der Waals surface area contributed by atoms with Gasteiger partial charge in [0, 0.05) is 20.0 Å². The number of para-hydroxylation sites is 2. The largest absolute Gasteiger partial charge is 0.332 e.